The van der Waals surface area contributed by atoms with E-state index in [9.17, 15) is 4.79 Å². The highest BCUT2D eigenvalue weighted by Gasteiger charge is 2.02. The molecular weight excluding hydrogens is 276 g/mol. The molecule has 0 unspecified atom stereocenters. The van der Waals surface area contributed by atoms with Crippen LogP contribution in [0, 0.1) is 11.3 Å². The summed E-state index contributed by atoms with van der Waals surface area (Å²) in [6.45, 7) is 0.144. The SMILES string of the molecule is N#CCn1ccc(NC(=O)/C=C/c2ccccc2Cl)n1. The molecule has 0 aliphatic carbocycles. The molecule has 0 bridgehead atoms. The van der Waals surface area contributed by atoms with Crippen molar-refractivity contribution < 1.29 is 4.79 Å². The van der Waals surface area contributed by atoms with Gasteiger partial charge in [0.2, 0.25) is 5.91 Å². The zero-order valence-electron chi connectivity index (χ0n) is 10.5. The molecule has 0 spiro atoms. The predicted molar refractivity (Wildman–Crippen MR) is 77.0 cm³/mol. The molecule has 6 heteroatoms. The highest BCUT2D eigenvalue weighted by Crippen LogP contribution is 2.16. The third-order valence-electron chi connectivity index (χ3n) is 2.44. The lowest BCUT2D eigenvalue weighted by Crippen LogP contribution is -2.09. The van der Waals surface area contributed by atoms with Crippen LogP contribution in [-0.4, -0.2) is 15.7 Å². The minimum atomic E-state index is -0.313. The van der Waals surface area contributed by atoms with Gasteiger partial charge in [-0.3, -0.25) is 9.48 Å². The van der Waals surface area contributed by atoms with E-state index >= 15 is 0 Å². The molecule has 0 fully saturated rings. The molecule has 0 aliphatic heterocycles. The third kappa shape index (κ3) is 3.70. The van der Waals surface area contributed by atoms with Gasteiger partial charge in [0.25, 0.3) is 0 Å². The van der Waals surface area contributed by atoms with Crippen LogP contribution in [0.25, 0.3) is 6.08 Å². The molecule has 20 heavy (non-hydrogen) atoms. The Morgan fingerprint density at radius 3 is 3.00 bits per heavy atom. The van der Waals surface area contributed by atoms with Gasteiger partial charge in [-0.2, -0.15) is 10.4 Å². The molecular formula is C14H11ClN4O. The molecule has 0 atom stereocenters. The Balaban J connectivity index is 1.98. The van der Waals surface area contributed by atoms with Gasteiger partial charge in [0.15, 0.2) is 5.82 Å². The lowest BCUT2D eigenvalue weighted by Gasteiger charge is -1.98. The molecule has 1 aromatic carbocycles. The van der Waals surface area contributed by atoms with Crippen molar-refractivity contribution in [2.75, 3.05) is 5.32 Å². The summed E-state index contributed by atoms with van der Waals surface area (Å²) in [7, 11) is 0. The van der Waals surface area contributed by atoms with Crippen LogP contribution >= 0.6 is 11.6 Å². The Labute approximate surface area is 121 Å². The highest BCUT2D eigenvalue weighted by atomic mass is 35.5. The fourth-order valence-corrected chi connectivity index (χ4v) is 1.73. The van der Waals surface area contributed by atoms with Crippen LogP contribution in [0.4, 0.5) is 5.82 Å². The highest BCUT2D eigenvalue weighted by molar-refractivity contribution is 6.32. The number of hydrogen-bond donors (Lipinski definition) is 1. The van der Waals surface area contributed by atoms with Gasteiger partial charge in [-0.1, -0.05) is 29.8 Å². The molecule has 1 amide bonds. The van der Waals surface area contributed by atoms with E-state index in [4.69, 9.17) is 16.9 Å². The standard InChI is InChI=1S/C14H11ClN4O/c15-12-4-2-1-3-11(12)5-6-14(20)17-13-7-9-19(18-13)10-8-16/h1-7,9H,10H2,(H,17,18,20)/b6-5+. The van der Waals surface area contributed by atoms with Gasteiger partial charge < -0.3 is 5.32 Å². The number of hydrogen-bond acceptors (Lipinski definition) is 3. The number of nitrogens with zero attached hydrogens (tertiary/aromatic N) is 3. The van der Waals surface area contributed by atoms with Gasteiger partial charge in [0, 0.05) is 23.4 Å². The number of benzene rings is 1. The van der Waals surface area contributed by atoms with E-state index in [2.05, 4.69) is 10.4 Å². The average molecular weight is 287 g/mol. The summed E-state index contributed by atoms with van der Waals surface area (Å²) in [5, 5.41) is 15.7. The molecule has 5 nitrogen and oxygen atoms in total. The van der Waals surface area contributed by atoms with Crippen molar-refractivity contribution in [2.45, 2.75) is 6.54 Å². The molecule has 0 radical (unpaired) electrons. The summed E-state index contributed by atoms with van der Waals surface area (Å²) in [6, 6.07) is 10.8. The number of anilines is 1. The zero-order chi connectivity index (χ0) is 14.4. The van der Waals surface area contributed by atoms with Crippen molar-refractivity contribution in [3.05, 3.63) is 53.2 Å². The summed E-state index contributed by atoms with van der Waals surface area (Å²) in [4.78, 5) is 11.7. The molecule has 2 rings (SSSR count). The minimum absolute atomic E-state index is 0.144. The van der Waals surface area contributed by atoms with Gasteiger partial charge in [0.1, 0.15) is 6.54 Å². The maximum absolute atomic E-state index is 11.7. The van der Waals surface area contributed by atoms with E-state index in [1.807, 2.05) is 24.3 Å². The number of rotatable bonds is 4. The molecule has 0 saturated heterocycles. The van der Waals surface area contributed by atoms with E-state index in [1.165, 1.54) is 10.8 Å². The summed E-state index contributed by atoms with van der Waals surface area (Å²) >= 11 is 5.98. The number of halogens is 1. The van der Waals surface area contributed by atoms with E-state index in [1.54, 1.807) is 24.4 Å². The Hall–Kier alpha value is -2.58. The van der Waals surface area contributed by atoms with Crippen molar-refractivity contribution >= 4 is 29.4 Å². The fraction of sp³-hybridized carbons (Fsp3) is 0.0714. The Kier molecular flexibility index (Phi) is 4.53. The predicted octanol–water partition coefficient (Wildman–Crippen LogP) is 2.71. The zero-order valence-corrected chi connectivity index (χ0v) is 11.2. The Morgan fingerprint density at radius 1 is 1.45 bits per heavy atom. The summed E-state index contributed by atoms with van der Waals surface area (Å²) < 4.78 is 1.44. The van der Waals surface area contributed by atoms with Crippen LogP contribution in [0.1, 0.15) is 5.56 Å². The van der Waals surface area contributed by atoms with Crippen LogP contribution in [0.5, 0.6) is 0 Å². The van der Waals surface area contributed by atoms with Gasteiger partial charge >= 0.3 is 0 Å². The molecule has 1 heterocycles. The van der Waals surface area contributed by atoms with Crippen molar-refractivity contribution in [1.82, 2.24) is 9.78 Å². The molecule has 0 saturated carbocycles. The number of nitrogens with one attached hydrogen (secondary N) is 1. The number of carbonyl (C=O) groups excluding carboxylic acids is 1. The first-order valence-electron chi connectivity index (χ1n) is 5.83. The van der Waals surface area contributed by atoms with Crippen LogP contribution in [0.3, 0.4) is 0 Å². The van der Waals surface area contributed by atoms with Gasteiger partial charge in [-0.15, -0.1) is 0 Å². The fourth-order valence-electron chi connectivity index (χ4n) is 1.53. The first-order chi connectivity index (χ1) is 9.69. The number of amides is 1. The lowest BCUT2D eigenvalue weighted by atomic mass is 10.2. The second-order valence-electron chi connectivity index (χ2n) is 3.90. The van der Waals surface area contributed by atoms with E-state index in [0.717, 1.165) is 5.56 Å². The topological polar surface area (TPSA) is 70.7 Å². The van der Waals surface area contributed by atoms with Crippen molar-refractivity contribution in [3.8, 4) is 6.07 Å². The monoisotopic (exact) mass is 286 g/mol. The number of aromatic nitrogens is 2. The largest absolute Gasteiger partial charge is 0.306 e. The van der Waals surface area contributed by atoms with Crippen LogP contribution < -0.4 is 5.32 Å². The first kappa shape index (κ1) is 13.8. The third-order valence-corrected chi connectivity index (χ3v) is 2.79. The van der Waals surface area contributed by atoms with Gasteiger partial charge in [-0.25, -0.2) is 0 Å². The second-order valence-corrected chi connectivity index (χ2v) is 4.31. The normalized spacial score (nSPS) is 10.4. The lowest BCUT2D eigenvalue weighted by molar-refractivity contribution is -0.111. The van der Waals surface area contributed by atoms with Gasteiger partial charge in [0.05, 0.1) is 6.07 Å². The second kappa shape index (κ2) is 6.55. The Bertz CT molecular complexity index is 684. The van der Waals surface area contributed by atoms with Crippen LogP contribution in [0.2, 0.25) is 5.02 Å². The van der Waals surface area contributed by atoms with E-state index in [-0.39, 0.29) is 12.5 Å². The average Bonchev–Trinajstić information content (AvgIpc) is 2.85. The molecule has 1 N–H and O–H groups in total. The van der Waals surface area contributed by atoms with Crippen LogP contribution in [-0.2, 0) is 11.3 Å². The summed E-state index contributed by atoms with van der Waals surface area (Å²) in [6.07, 6.45) is 4.63. The summed E-state index contributed by atoms with van der Waals surface area (Å²) in [5.41, 5.74) is 0.763. The van der Waals surface area contributed by atoms with Gasteiger partial charge in [-0.05, 0) is 17.7 Å². The Morgan fingerprint density at radius 2 is 2.25 bits per heavy atom. The molecule has 100 valence electrons. The summed E-state index contributed by atoms with van der Waals surface area (Å²) in [5.74, 6) is 0.0844. The van der Waals surface area contributed by atoms with Crippen molar-refractivity contribution in [3.63, 3.8) is 0 Å². The maximum Gasteiger partial charge on any atom is 0.249 e. The first-order valence-corrected chi connectivity index (χ1v) is 6.21. The van der Waals surface area contributed by atoms with E-state index < -0.39 is 0 Å². The maximum atomic E-state index is 11.7. The smallest absolute Gasteiger partial charge is 0.249 e. The minimum Gasteiger partial charge on any atom is -0.306 e. The quantitative estimate of drug-likeness (QED) is 0.879. The molecule has 2 aromatic rings. The van der Waals surface area contributed by atoms with Crippen molar-refractivity contribution in [1.29, 1.82) is 5.26 Å². The number of carbonyl (C=O) groups is 1. The van der Waals surface area contributed by atoms with Crippen LogP contribution in [0.15, 0.2) is 42.6 Å². The van der Waals surface area contributed by atoms with Crippen molar-refractivity contribution in [2.24, 2.45) is 0 Å². The van der Waals surface area contributed by atoms with E-state index in [0.29, 0.717) is 10.8 Å². The molecule has 1 aromatic heterocycles. The number of nitriles is 1. The molecule has 0 aliphatic rings.